The predicted molar refractivity (Wildman–Crippen MR) is 94.0 cm³/mol. The number of benzene rings is 1. The van der Waals surface area contributed by atoms with E-state index < -0.39 is 5.72 Å². The number of carbonyl (C=O) groups is 1. The second-order valence-corrected chi connectivity index (χ2v) is 6.50. The topological polar surface area (TPSA) is 66.8 Å². The van der Waals surface area contributed by atoms with E-state index in [1.54, 1.807) is 24.5 Å². The van der Waals surface area contributed by atoms with Gasteiger partial charge in [-0.1, -0.05) is 29.8 Å². The molecule has 2 aliphatic heterocycles. The Labute approximate surface area is 146 Å². The van der Waals surface area contributed by atoms with Crippen LogP contribution in [-0.2, 0) is 4.84 Å². The van der Waals surface area contributed by atoms with Crippen LogP contribution in [-0.4, -0.2) is 40.4 Å². The molecule has 3 heterocycles. The molecule has 1 N–H and O–H groups in total. The number of hydrogen-bond donors (Lipinski definition) is 1. The zero-order valence-corrected chi connectivity index (χ0v) is 14.1. The molecule has 2 aliphatic rings. The number of carbonyl (C=O) groups excluding carboxylic acids is 1. The van der Waals surface area contributed by atoms with Gasteiger partial charge in [-0.25, -0.2) is 15.3 Å². The summed E-state index contributed by atoms with van der Waals surface area (Å²) in [7, 11) is 0. The fraction of sp³-hybridized carbons (Fsp3) is 0.316. The van der Waals surface area contributed by atoms with Crippen LogP contribution in [0.25, 0.3) is 0 Å². The Balaban J connectivity index is 1.45. The quantitative estimate of drug-likeness (QED) is 0.914. The van der Waals surface area contributed by atoms with Gasteiger partial charge < -0.3 is 4.90 Å². The van der Waals surface area contributed by atoms with Crippen LogP contribution in [0, 0.1) is 6.92 Å². The lowest BCUT2D eigenvalue weighted by molar-refractivity contribution is -0.0849. The zero-order chi connectivity index (χ0) is 17.3. The largest absolute Gasteiger partial charge is 0.338 e. The molecule has 128 valence electrons. The first-order valence-corrected chi connectivity index (χ1v) is 8.45. The highest BCUT2D eigenvalue weighted by Crippen LogP contribution is 2.31. The highest BCUT2D eigenvalue weighted by atomic mass is 16.7. The average Bonchev–Trinajstić information content (AvgIpc) is 3.07. The van der Waals surface area contributed by atoms with Gasteiger partial charge in [0.15, 0.2) is 11.6 Å². The maximum Gasteiger partial charge on any atom is 0.253 e. The number of pyridine rings is 1. The summed E-state index contributed by atoms with van der Waals surface area (Å²) >= 11 is 0. The molecule has 1 spiro atoms. The molecule has 6 heteroatoms. The number of amides is 1. The van der Waals surface area contributed by atoms with Crippen LogP contribution in [0.15, 0.2) is 53.8 Å². The molecule has 0 radical (unpaired) electrons. The average molecular weight is 336 g/mol. The molecule has 1 fully saturated rings. The molecule has 0 aliphatic carbocycles. The molecule has 0 unspecified atom stereocenters. The number of aromatic nitrogens is 1. The SMILES string of the molecule is Cc1ccc(C2=NC3(CCN(C(=O)c4ccncc4)CC3)ON2)cc1. The summed E-state index contributed by atoms with van der Waals surface area (Å²) in [6.45, 7) is 3.29. The molecule has 4 rings (SSSR count). The van der Waals surface area contributed by atoms with Crippen LogP contribution in [0.3, 0.4) is 0 Å². The van der Waals surface area contributed by atoms with Crippen molar-refractivity contribution in [2.24, 2.45) is 4.99 Å². The van der Waals surface area contributed by atoms with Crippen molar-refractivity contribution in [3.63, 3.8) is 0 Å². The number of hydrogen-bond acceptors (Lipinski definition) is 5. The molecule has 1 aromatic carbocycles. The molecule has 2 aromatic rings. The molecule has 0 atom stereocenters. The lowest BCUT2D eigenvalue weighted by Crippen LogP contribution is -2.46. The monoisotopic (exact) mass is 336 g/mol. The van der Waals surface area contributed by atoms with E-state index in [1.165, 1.54) is 5.56 Å². The van der Waals surface area contributed by atoms with Gasteiger partial charge >= 0.3 is 0 Å². The molecule has 0 saturated carbocycles. The summed E-state index contributed by atoms with van der Waals surface area (Å²) in [4.78, 5) is 28.9. The van der Waals surface area contributed by atoms with Gasteiger partial charge in [0.1, 0.15) is 0 Å². The highest BCUT2D eigenvalue weighted by Gasteiger charge is 2.41. The first-order chi connectivity index (χ1) is 12.2. The van der Waals surface area contributed by atoms with E-state index in [-0.39, 0.29) is 5.91 Å². The van der Waals surface area contributed by atoms with Gasteiger partial charge in [-0.15, -0.1) is 0 Å². The minimum absolute atomic E-state index is 0.0333. The third kappa shape index (κ3) is 3.13. The third-order valence-corrected chi connectivity index (χ3v) is 4.74. The van der Waals surface area contributed by atoms with Gasteiger partial charge in [-0.2, -0.15) is 0 Å². The fourth-order valence-corrected chi connectivity index (χ4v) is 3.18. The van der Waals surface area contributed by atoms with E-state index in [2.05, 4.69) is 29.5 Å². The van der Waals surface area contributed by atoms with Gasteiger partial charge in [0.05, 0.1) is 0 Å². The molecule has 1 aromatic heterocycles. The number of nitrogens with zero attached hydrogens (tertiary/aromatic N) is 3. The Kier molecular flexibility index (Phi) is 3.97. The summed E-state index contributed by atoms with van der Waals surface area (Å²) in [5.41, 5.74) is 5.28. The highest BCUT2D eigenvalue weighted by molar-refractivity contribution is 5.99. The van der Waals surface area contributed by atoms with E-state index >= 15 is 0 Å². The number of aliphatic imine (C=N–C) groups is 1. The van der Waals surface area contributed by atoms with E-state index in [9.17, 15) is 4.79 Å². The lowest BCUT2D eigenvalue weighted by atomic mass is 10.0. The molecule has 1 saturated heterocycles. The van der Waals surface area contributed by atoms with Crippen molar-refractivity contribution in [1.29, 1.82) is 0 Å². The lowest BCUT2D eigenvalue weighted by Gasteiger charge is -2.35. The Morgan fingerprint density at radius 2 is 1.80 bits per heavy atom. The first kappa shape index (κ1) is 15.8. The minimum Gasteiger partial charge on any atom is -0.338 e. The Bertz CT molecular complexity index is 794. The van der Waals surface area contributed by atoms with Gasteiger partial charge in [0.2, 0.25) is 0 Å². The van der Waals surface area contributed by atoms with Crippen LogP contribution in [0.1, 0.15) is 34.3 Å². The van der Waals surface area contributed by atoms with E-state index in [4.69, 9.17) is 9.83 Å². The summed E-state index contributed by atoms with van der Waals surface area (Å²) < 4.78 is 0. The van der Waals surface area contributed by atoms with Crippen molar-refractivity contribution >= 4 is 11.7 Å². The van der Waals surface area contributed by atoms with Gasteiger partial charge in [0.25, 0.3) is 5.91 Å². The van der Waals surface area contributed by atoms with Crippen molar-refractivity contribution in [3.05, 3.63) is 65.5 Å². The Hall–Kier alpha value is -2.73. The van der Waals surface area contributed by atoms with Crippen molar-refractivity contribution in [2.45, 2.75) is 25.5 Å². The van der Waals surface area contributed by atoms with Crippen molar-refractivity contribution in [3.8, 4) is 0 Å². The molecular formula is C19H20N4O2. The van der Waals surface area contributed by atoms with E-state index in [0.717, 1.165) is 11.4 Å². The van der Waals surface area contributed by atoms with Crippen LogP contribution in [0.5, 0.6) is 0 Å². The van der Waals surface area contributed by atoms with Gasteiger partial charge in [-0.3, -0.25) is 9.78 Å². The van der Waals surface area contributed by atoms with Crippen molar-refractivity contribution in [2.75, 3.05) is 13.1 Å². The summed E-state index contributed by atoms with van der Waals surface area (Å²) in [5, 5.41) is 0. The summed E-state index contributed by atoms with van der Waals surface area (Å²) in [5.74, 6) is 0.792. The van der Waals surface area contributed by atoms with Crippen LogP contribution in [0.2, 0.25) is 0 Å². The number of piperidine rings is 1. The van der Waals surface area contributed by atoms with Gasteiger partial charge in [0, 0.05) is 49.5 Å². The fourth-order valence-electron chi connectivity index (χ4n) is 3.18. The van der Waals surface area contributed by atoms with Crippen molar-refractivity contribution < 1.29 is 9.63 Å². The zero-order valence-electron chi connectivity index (χ0n) is 14.1. The Morgan fingerprint density at radius 3 is 2.48 bits per heavy atom. The predicted octanol–water partition coefficient (Wildman–Crippen LogP) is 2.30. The maximum atomic E-state index is 12.5. The Morgan fingerprint density at radius 1 is 1.12 bits per heavy atom. The number of rotatable bonds is 2. The number of aryl methyl sites for hydroxylation is 1. The number of nitrogens with one attached hydrogen (secondary N) is 1. The molecule has 6 nitrogen and oxygen atoms in total. The van der Waals surface area contributed by atoms with E-state index in [1.807, 2.05) is 17.0 Å². The van der Waals surface area contributed by atoms with Crippen molar-refractivity contribution in [1.82, 2.24) is 15.4 Å². The number of hydroxylamine groups is 1. The summed E-state index contributed by atoms with van der Waals surface area (Å²) in [6.07, 6.45) is 4.63. The van der Waals surface area contributed by atoms with Gasteiger partial charge in [-0.05, 0) is 19.1 Å². The number of likely N-dealkylation sites (tertiary alicyclic amines) is 1. The summed E-state index contributed by atoms with van der Waals surface area (Å²) in [6, 6.07) is 11.7. The smallest absolute Gasteiger partial charge is 0.253 e. The second-order valence-electron chi connectivity index (χ2n) is 6.50. The molecule has 1 amide bonds. The van der Waals surface area contributed by atoms with Crippen LogP contribution in [0.4, 0.5) is 0 Å². The normalized spacial score (nSPS) is 18.8. The third-order valence-electron chi connectivity index (χ3n) is 4.74. The maximum absolute atomic E-state index is 12.5. The second kappa shape index (κ2) is 6.29. The molecule has 25 heavy (non-hydrogen) atoms. The first-order valence-electron chi connectivity index (χ1n) is 8.45. The van der Waals surface area contributed by atoms with E-state index in [0.29, 0.717) is 31.5 Å². The molecular weight excluding hydrogens is 316 g/mol. The molecule has 0 bridgehead atoms. The van der Waals surface area contributed by atoms with Crippen LogP contribution < -0.4 is 5.48 Å². The standard InChI is InChI=1S/C19H20N4O2/c1-14-2-4-15(5-3-14)17-21-19(25-22-17)8-12-23(13-9-19)18(24)16-6-10-20-11-7-16/h2-7,10-11H,8-9,12-13H2,1H3,(H,21,22). The number of amidine groups is 1. The minimum atomic E-state index is -0.574. The van der Waals surface area contributed by atoms with Crippen LogP contribution >= 0.6 is 0 Å².